The fraction of sp³-hybridized carbons (Fsp3) is 0.150. The Morgan fingerprint density at radius 2 is 1.69 bits per heavy atom. The van der Waals surface area contributed by atoms with Crippen LogP contribution in [0.15, 0.2) is 60.8 Å². The molecule has 0 saturated heterocycles. The Hall–Kier alpha value is -3.41. The van der Waals surface area contributed by atoms with E-state index in [0.29, 0.717) is 24.8 Å². The zero-order chi connectivity index (χ0) is 17.3. The first kappa shape index (κ1) is 14.9. The Balaban J connectivity index is 1.62. The van der Waals surface area contributed by atoms with E-state index in [-0.39, 0.29) is 0 Å². The van der Waals surface area contributed by atoms with Gasteiger partial charge in [-0.15, -0.1) is 5.10 Å². The zero-order valence-electron chi connectivity index (χ0n) is 14.0. The van der Waals surface area contributed by atoms with Crippen molar-refractivity contribution in [1.29, 1.82) is 0 Å². The summed E-state index contributed by atoms with van der Waals surface area (Å²) in [6.45, 7) is 1.32. The highest BCUT2D eigenvalue weighted by Gasteiger charge is 2.15. The van der Waals surface area contributed by atoms with Crippen molar-refractivity contribution in [3.05, 3.63) is 60.8 Å². The summed E-state index contributed by atoms with van der Waals surface area (Å²) in [5.41, 5.74) is 2.89. The van der Waals surface area contributed by atoms with Gasteiger partial charge in [-0.05, 0) is 24.3 Å². The molecule has 2 aromatic heterocycles. The minimum absolute atomic E-state index is 0.563. The van der Waals surface area contributed by atoms with Crippen LogP contribution in [0.25, 0.3) is 28.4 Å². The number of rotatable bonds is 2. The molecular formula is C20H16N4O2. The van der Waals surface area contributed by atoms with Crippen molar-refractivity contribution in [3.63, 3.8) is 0 Å². The Bertz CT molecular complexity index is 1080. The second-order valence-electron chi connectivity index (χ2n) is 6.06. The molecule has 0 N–H and O–H groups in total. The van der Waals surface area contributed by atoms with Crippen molar-refractivity contribution in [1.82, 2.24) is 19.6 Å². The van der Waals surface area contributed by atoms with E-state index in [4.69, 9.17) is 9.47 Å². The predicted molar refractivity (Wildman–Crippen MR) is 97.3 cm³/mol. The summed E-state index contributed by atoms with van der Waals surface area (Å²) in [4.78, 5) is 8.94. The van der Waals surface area contributed by atoms with Gasteiger partial charge in [0.25, 0.3) is 5.78 Å². The number of ether oxygens (including phenoxy) is 2. The molecule has 0 radical (unpaired) electrons. The highest BCUT2D eigenvalue weighted by Crippen LogP contribution is 2.33. The van der Waals surface area contributed by atoms with Crippen molar-refractivity contribution in [3.8, 4) is 34.1 Å². The summed E-state index contributed by atoms with van der Waals surface area (Å²) in [5.74, 6) is 2.67. The molecule has 0 unspecified atom stereocenters. The van der Waals surface area contributed by atoms with Crippen LogP contribution in [0.1, 0.15) is 6.42 Å². The van der Waals surface area contributed by atoms with Crippen molar-refractivity contribution in [2.24, 2.45) is 0 Å². The van der Waals surface area contributed by atoms with Crippen molar-refractivity contribution < 1.29 is 9.47 Å². The normalized spacial score (nSPS) is 13.5. The van der Waals surface area contributed by atoms with Crippen LogP contribution in [0.5, 0.6) is 11.5 Å². The van der Waals surface area contributed by atoms with Gasteiger partial charge in [-0.2, -0.15) is 9.50 Å². The molecular weight excluding hydrogens is 328 g/mol. The third-order valence-corrected chi connectivity index (χ3v) is 4.32. The van der Waals surface area contributed by atoms with Crippen LogP contribution in [0, 0.1) is 0 Å². The first-order valence-electron chi connectivity index (χ1n) is 8.56. The zero-order valence-corrected chi connectivity index (χ0v) is 14.0. The molecule has 1 aliphatic heterocycles. The molecule has 0 fully saturated rings. The third kappa shape index (κ3) is 2.56. The Labute approximate surface area is 150 Å². The van der Waals surface area contributed by atoms with Crippen LogP contribution in [0.4, 0.5) is 0 Å². The fourth-order valence-corrected chi connectivity index (χ4v) is 3.05. The van der Waals surface area contributed by atoms with Crippen LogP contribution in [-0.4, -0.2) is 32.8 Å². The SMILES string of the molecule is c1ccc(-c2ccnc3nc(-c4ccc5c(c4)OCCCO5)nn23)cc1. The van der Waals surface area contributed by atoms with Gasteiger partial charge in [0.15, 0.2) is 17.3 Å². The third-order valence-electron chi connectivity index (χ3n) is 4.32. The lowest BCUT2D eigenvalue weighted by Gasteiger charge is -2.07. The largest absolute Gasteiger partial charge is 0.490 e. The van der Waals surface area contributed by atoms with Gasteiger partial charge in [0.05, 0.1) is 18.9 Å². The molecule has 2 aromatic carbocycles. The molecule has 6 nitrogen and oxygen atoms in total. The number of hydrogen-bond acceptors (Lipinski definition) is 5. The summed E-state index contributed by atoms with van der Waals surface area (Å²) in [5, 5.41) is 4.68. The van der Waals surface area contributed by atoms with Crippen LogP contribution in [0.3, 0.4) is 0 Å². The first-order chi connectivity index (χ1) is 12.9. The van der Waals surface area contributed by atoms with E-state index >= 15 is 0 Å². The van der Waals surface area contributed by atoms with Gasteiger partial charge in [-0.25, -0.2) is 4.98 Å². The summed E-state index contributed by atoms with van der Waals surface area (Å²) in [6, 6.07) is 17.8. The minimum atomic E-state index is 0.563. The maximum absolute atomic E-state index is 5.77. The highest BCUT2D eigenvalue weighted by molar-refractivity contribution is 5.65. The van der Waals surface area contributed by atoms with E-state index in [2.05, 4.69) is 15.1 Å². The lowest BCUT2D eigenvalue weighted by molar-refractivity contribution is 0.297. The number of hydrogen-bond donors (Lipinski definition) is 0. The van der Waals surface area contributed by atoms with Crippen LogP contribution in [-0.2, 0) is 0 Å². The predicted octanol–water partition coefficient (Wildman–Crippen LogP) is 3.62. The molecule has 0 spiro atoms. The highest BCUT2D eigenvalue weighted by atomic mass is 16.5. The number of nitrogens with zero attached hydrogens (tertiary/aromatic N) is 4. The molecule has 5 rings (SSSR count). The van der Waals surface area contributed by atoms with Gasteiger partial charge >= 0.3 is 0 Å². The first-order valence-corrected chi connectivity index (χ1v) is 8.56. The quantitative estimate of drug-likeness (QED) is 0.556. The van der Waals surface area contributed by atoms with Gasteiger partial charge in [-0.1, -0.05) is 30.3 Å². The van der Waals surface area contributed by atoms with Gasteiger partial charge in [0, 0.05) is 23.7 Å². The molecule has 0 bridgehead atoms. The fourth-order valence-electron chi connectivity index (χ4n) is 3.05. The van der Waals surface area contributed by atoms with E-state index in [1.165, 1.54) is 0 Å². The van der Waals surface area contributed by atoms with E-state index in [9.17, 15) is 0 Å². The number of aromatic nitrogens is 4. The van der Waals surface area contributed by atoms with E-state index in [1.807, 2.05) is 54.6 Å². The molecule has 0 atom stereocenters. The second kappa shape index (κ2) is 6.15. The Morgan fingerprint density at radius 1 is 0.846 bits per heavy atom. The molecule has 0 saturated carbocycles. The topological polar surface area (TPSA) is 61.5 Å². The maximum atomic E-state index is 5.77. The van der Waals surface area contributed by atoms with E-state index < -0.39 is 0 Å². The Kier molecular flexibility index (Phi) is 3.52. The molecule has 6 heteroatoms. The van der Waals surface area contributed by atoms with E-state index in [0.717, 1.165) is 34.7 Å². The van der Waals surface area contributed by atoms with Crippen LogP contribution >= 0.6 is 0 Å². The molecule has 0 aliphatic carbocycles. The van der Waals surface area contributed by atoms with Crippen molar-refractivity contribution >= 4 is 5.78 Å². The summed E-state index contributed by atoms with van der Waals surface area (Å²) < 4.78 is 13.2. The van der Waals surface area contributed by atoms with Crippen molar-refractivity contribution in [2.75, 3.05) is 13.2 Å². The van der Waals surface area contributed by atoms with Gasteiger partial charge in [0.2, 0.25) is 0 Å². The lowest BCUT2D eigenvalue weighted by atomic mass is 10.1. The molecule has 26 heavy (non-hydrogen) atoms. The van der Waals surface area contributed by atoms with Gasteiger partial charge in [-0.3, -0.25) is 0 Å². The van der Waals surface area contributed by atoms with Crippen molar-refractivity contribution in [2.45, 2.75) is 6.42 Å². The molecule has 0 amide bonds. The second-order valence-corrected chi connectivity index (χ2v) is 6.06. The van der Waals surface area contributed by atoms with Crippen LogP contribution < -0.4 is 9.47 Å². The van der Waals surface area contributed by atoms with E-state index in [1.54, 1.807) is 10.7 Å². The van der Waals surface area contributed by atoms with Gasteiger partial charge in [0.1, 0.15) is 0 Å². The van der Waals surface area contributed by atoms with Crippen LogP contribution in [0.2, 0.25) is 0 Å². The monoisotopic (exact) mass is 344 g/mol. The smallest absolute Gasteiger partial charge is 0.253 e. The molecule has 1 aliphatic rings. The standard InChI is InChI=1S/C20H16N4O2/c1-2-5-14(6-3-1)16-9-10-21-20-22-19(23-24(16)20)15-7-8-17-18(13-15)26-12-4-11-25-17/h1-3,5-10,13H,4,11-12H2. The van der Waals surface area contributed by atoms with Gasteiger partial charge < -0.3 is 9.47 Å². The summed E-state index contributed by atoms with van der Waals surface area (Å²) in [6.07, 6.45) is 2.63. The summed E-state index contributed by atoms with van der Waals surface area (Å²) >= 11 is 0. The summed E-state index contributed by atoms with van der Waals surface area (Å²) in [7, 11) is 0. The molecule has 4 aromatic rings. The average Bonchev–Trinajstić information content (AvgIpc) is 2.99. The average molecular weight is 344 g/mol. The number of benzene rings is 2. The molecule has 128 valence electrons. The molecule has 3 heterocycles. The lowest BCUT2D eigenvalue weighted by Crippen LogP contribution is -1.97. The maximum Gasteiger partial charge on any atom is 0.253 e. The minimum Gasteiger partial charge on any atom is -0.490 e. The number of fused-ring (bicyclic) bond motifs is 2. The Morgan fingerprint density at radius 3 is 2.58 bits per heavy atom.